The lowest BCUT2D eigenvalue weighted by atomic mass is 10.1. The molecule has 4 rings (SSSR count). The summed E-state index contributed by atoms with van der Waals surface area (Å²) in [6, 6.07) is 15.6. The van der Waals surface area contributed by atoms with E-state index < -0.39 is 0 Å². The number of carbonyl (C=O) groups is 1. The van der Waals surface area contributed by atoms with Crippen LogP contribution in [0.4, 0.5) is 5.69 Å². The van der Waals surface area contributed by atoms with Crippen LogP contribution in [0, 0.1) is 0 Å². The van der Waals surface area contributed by atoms with Crippen LogP contribution < -0.4 is 5.32 Å². The number of amides is 1. The Morgan fingerprint density at radius 1 is 1.14 bits per heavy atom. The smallest absolute Gasteiger partial charge is 0.253 e. The van der Waals surface area contributed by atoms with Gasteiger partial charge in [-0.2, -0.15) is 5.10 Å². The van der Waals surface area contributed by atoms with Gasteiger partial charge in [-0.15, -0.1) is 0 Å². The fourth-order valence-corrected chi connectivity index (χ4v) is 3.58. The number of fused-ring (bicyclic) bond motifs is 1. The van der Waals surface area contributed by atoms with Crippen molar-refractivity contribution in [2.45, 2.75) is 6.92 Å². The first kappa shape index (κ1) is 18.3. The van der Waals surface area contributed by atoms with E-state index in [0.717, 1.165) is 55.0 Å². The molecule has 0 bridgehead atoms. The third-order valence-electron chi connectivity index (χ3n) is 5.27. The van der Waals surface area contributed by atoms with E-state index in [1.54, 1.807) is 0 Å². The molecule has 1 aliphatic rings. The Bertz CT molecular complexity index is 987. The van der Waals surface area contributed by atoms with Crippen LogP contribution in [0.2, 0.25) is 0 Å². The van der Waals surface area contributed by atoms with E-state index in [1.165, 1.54) is 0 Å². The van der Waals surface area contributed by atoms with Gasteiger partial charge in [-0.3, -0.25) is 9.89 Å². The Balaban J connectivity index is 1.56. The highest BCUT2D eigenvalue weighted by atomic mass is 16.2. The number of nitrogens with one attached hydrogen (secondary N) is 2. The van der Waals surface area contributed by atoms with Gasteiger partial charge >= 0.3 is 0 Å². The molecule has 2 aromatic carbocycles. The topological polar surface area (TPSA) is 64.3 Å². The number of aromatic amines is 1. The number of nitrogens with zero attached hydrogens (tertiary/aromatic N) is 3. The average molecular weight is 375 g/mol. The first-order valence-electron chi connectivity index (χ1n) is 9.67. The highest BCUT2D eigenvalue weighted by Gasteiger charge is 2.22. The fraction of sp³-hybridized carbons (Fsp3) is 0.273. The van der Waals surface area contributed by atoms with Gasteiger partial charge in [-0.25, -0.2) is 0 Å². The molecule has 144 valence electrons. The molecule has 1 amide bonds. The molecule has 1 aromatic heterocycles. The molecule has 3 aromatic rings. The van der Waals surface area contributed by atoms with Gasteiger partial charge in [0.25, 0.3) is 5.91 Å². The zero-order valence-corrected chi connectivity index (χ0v) is 16.1. The number of anilines is 1. The standard InChI is InChI=1S/C22H25N5O/c1-3-26-11-13-27(14-12-26)22(28)17-9-10-20-19(15-17)21(25-24-20)16(2)23-18-7-5-4-6-8-18/h4-10,15,23H,2-3,11-14H2,1H3,(H,24,25). The van der Waals surface area contributed by atoms with Gasteiger partial charge in [0.15, 0.2) is 0 Å². The van der Waals surface area contributed by atoms with Crippen molar-refractivity contribution in [2.75, 3.05) is 38.0 Å². The molecule has 1 aliphatic heterocycles. The number of rotatable bonds is 5. The maximum atomic E-state index is 13.0. The second-order valence-electron chi connectivity index (χ2n) is 7.03. The van der Waals surface area contributed by atoms with Crippen molar-refractivity contribution in [3.8, 4) is 0 Å². The summed E-state index contributed by atoms with van der Waals surface area (Å²) in [7, 11) is 0. The van der Waals surface area contributed by atoms with Crippen LogP contribution in [0.1, 0.15) is 23.0 Å². The van der Waals surface area contributed by atoms with Gasteiger partial charge in [0, 0.05) is 42.8 Å². The van der Waals surface area contributed by atoms with E-state index in [2.05, 4.69) is 33.9 Å². The van der Waals surface area contributed by atoms with Crippen LogP contribution in [0.15, 0.2) is 55.1 Å². The van der Waals surface area contributed by atoms with Crippen LogP contribution in [0.25, 0.3) is 16.6 Å². The molecular formula is C22H25N5O. The van der Waals surface area contributed by atoms with Crippen LogP contribution in [0.3, 0.4) is 0 Å². The normalized spacial score (nSPS) is 15.0. The highest BCUT2D eigenvalue weighted by Crippen LogP contribution is 2.25. The minimum absolute atomic E-state index is 0.0754. The number of likely N-dealkylation sites (N-methyl/N-ethyl adjacent to an activating group) is 1. The number of piperazine rings is 1. The summed E-state index contributed by atoms with van der Waals surface area (Å²) in [5.41, 5.74) is 3.94. The molecule has 1 saturated heterocycles. The average Bonchev–Trinajstić information content (AvgIpc) is 3.17. The Morgan fingerprint density at radius 2 is 1.89 bits per heavy atom. The Labute approximate surface area is 164 Å². The summed E-state index contributed by atoms with van der Waals surface area (Å²) >= 11 is 0. The molecule has 28 heavy (non-hydrogen) atoms. The van der Waals surface area contributed by atoms with E-state index in [0.29, 0.717) is 11.3 Å². The molecule has 2 N–H and O–H groups in total. The van der Waals surface area contributed by atoms with Gasteiger partial charge in [0.2, 0.25) is 0 Å². The molecule has 1 fully saturated rings. The molecule has 0 radical (unpaired) electrons. The maximum Gasteiger partial charge on any atom is 0.253 e. The van der Waals surface area contributed by atoms with E-state index in [1.807, 2.05) is 53.4 Å². The molecule has 0 aliphatic carbocycles. The monoisotopic (exact) mass is 375 g/mol. The quantitative estimate of drug-likeness (QED) is 0.717. The maximum absolute atomic E-state index is 13.0. The third kappa shape index (κ3) is 3.64. The second-order valence-corrected chi connectivity index (χ2v) is 7.03. The van der Waals surface area contributed by atoms with Gasteiger partial charge in [0.1, 0.15) is 5.69 Å². The lowest BCUT2D eigenvalue weighted by Crippen LogP contribution is -2.48. The molecule has 0 spiro atoms. The fourth-order valence-electron chi connectivity index (χ4n) is 3.58. The van der Waals surface area contributed by atoms with Gasteiger partial charge in [0.05, 0.1) is 11.2 Å². The van der Waals surface area contributed by atoms with Gasteiger partial charge < -0.3 is 15.1 Å². The Morgan fingerprint density at radius 3 is 2.61 bits per heavy atom. The SMILES string of the molecule is C=C(Nc1ccccc1)c1n[nH]c2ccc(C(=O)N3CCN(CC)CC3)cc12. The molecule has 6 nitrogen and oxygen atoms in total. The first-order chi connectivity index (χ1) is 13.7. The summed E-state index contributed by atoms with van der Waals surface area (Å²) in [4.78, 5) is 17.3. The Kier molecular flexibility index (Phi) is 5.12. The van der Waals surface area contributed by atoms with E-state index in [4.69, 9.17) is 0 Å². The number of carbonyl (C=O) groups excluding carboxylic acids is 1. The third-order valence-corrected chi connectivity index (χ3v) is 5.27. The number of benzene rings is 2. The lowest BCUT2D eigenvalue weighted by Gasteiger charge is -2.34. The Hall–Kier alpha value is -3.12. The minimum atomic E-state index is 0.0754. The van der Waals surface area contributed by atoms with Gasteiger partial charge in [-0.1, -0.05) is 31.7 Å². The molecule has 0 atom stereocenters. The molecular weight excluding hydrogens is 350 g/mol. The molecule has 6 heteroatoms. The highest BCUT2D eigenvalue weighted by molar-refractivity contribution is 6.01. The second kappa shape index (κ2) is 7.86. The number of hydrogen-bond donors (Lipinski definition) is 2. The van der Waals surface area contributed by atoms with Crippen LogP contribution in [-0.2, 0) is 0 Å². The van der Waals surface area contributed by atoms with E-state index >= 15 is 0 Å². The molecule has 0 unspecified atom stereocenters. The van der Waals surface area contributed by atoms with E-state index in [-0.39, 0.29) is 5.91 Å². The van der Waals surface area contributed by atoms with Crippen LogP contribution in [0.5, 0.6) is 0 Å². The summed E-state index contributed by atoms with van der Waals surface area (Å²) in [5, 5.41) is 11.6. The van der Waals surface area contributed by atoms with Crippen molar-refractivity contribution in [2.24, 2.45) is 0 Å². The summed E-state index contributed by atoms with van der Waals surface area (Å²) in [6.45, 7) is 10.7. The summed E-state index contributed by atoms with van der Waals surface area (Å²) in [6.07, 6.45) is 0. The van der Waals surface area contributed by atoms with Crippen molar-refractivity contribution in [1.82, 2.24) is 20.0 Å². The van der Waals surface area contributed by atoms with Crippen LogP contribution in [-0.4, -0.2) is 58.6 Å². The number of H-pyrrole nitrogens is 1. The lowest BCUT2D eigenvalue weighted by molar-refractivity contribution is 0.0643. The number of para-hydroxylation sites is 1. The minimum Gasteiger partial charge on any atom is -0.354 e. The van der Waals surface area contributed by atoms with Crippen molar-refractivity contribution in [1.29, 1.82) is 0 Å². The number of hydrogen-bond acceptors (Lipinski definition) is 4. The zero-order chi connectivity index (χ0) is 19.5. The van der Waals surface area contributed by atoms with Gasteiger partial charge in [-0.05, 0) is 36.9 Å². The van der Waals surface area contributed by atoms with Crippen molar-refractivity contribution < 1.29 is 4.79 Å². The predicted molar refractivity (Wildman–Crippen MR) is 113 cm³/mol. The predicted octanol–water partition coefficient (Wildman–Crippen LogP) is 3.42. The summed E-state index contributed by atoms with van der Waals surface area (Å²) < 4.78 is 0. The van der Waals surface area contributed by atoms with Crippen molar-refractivity contribution in [3.05, 3.63) is 66.4 Å². The van der Waals surface area contributed by atoms with E-state index in [9.17, 15) is 4.79 Å². The largest absolute Gasteiger partial charge is 0.354 e. The van der Waals surface area contributed by atoms with Crippen molar-refractivity contribution in [3.63, 3.8) is 0 Å². The summed E-state index contributed by atoms with van der Waals surface area (Å²) in [5.74, 6) is 0.0754. The molecule has 0 saturated carbocycles. The molecule has 2 heterocycles. The zero-order valence-electron chi connectivity index (χ0n) is 16.1. The first-order valence-corrected chi connectivity index (χ1v) is 9.67. The number of aromatic nitrogens is 2. The van der Waals surface area contributed by atoms with Crippen molar-refractivity contribution >= 4 is 28.2 Å². The van der Waals surface area contributed by atoms with Crippen LogP contribution >= 0.6 is 0 Å².